The first kappa shape index (κ1) is 15.8. The van der Waals surface area contributed by atoms with Gasteiger partial charge in [0.1, 0.15) is 19.0 Å². The second-order valence-corrected chi connectivity index (χ2v) is 5.29. The maximum Gasteiger partial charge on any atom is 0.156 e. The Morgan fingerprint density at radius 1 is 0.952 bits per heavy atom. The monoisotopic (exact) mass is 341 g/mol. The number of benzene rings is 2. The summed E-state index contributed by atoms with van der Waals surface area (Å²) in [6.07, 6.45) is 0. The van der Waals surface area contributed by atoms with Crippen LogP contribution in [0.1, 0.15) is 5.56 Å². The van der Waals surface area contributed by atoms with Gasteiger partial charge in [-0.1, -0.05) is 40.9 Å². The SMILES string of the molecule is N#Cc1cccc(OCCOc2c(Cl)cc(Cl)cc2Cl)c1. The Bertz CT molecular complexity index is 660. The van der Waals surface area contributed by atoms with Crippen molar-refractivity contribution in [3.8, 4) is 17.6 Å². The molecule has 0 fully saturated rings. The van der Waals surface area contributed by atoms with Crippen LogP contribution in [0.2, 0.25) is 15.1 Å². The summed E-state index contributed by atoms with van der Waals surface area (Å²) >= 11 is 17.8. The standard InChI is InChI=1S/C15H10Cl3NO2/c16-11-7-13(17)15(14(18)8-11)21-5-4-20-12-3-1-2-10(6-12)9-19/h1-3,6-8H,4-5H2. The van der Waals surface area contributed by atoms with Gasteiger partial charge in [-0.3, -0.25) is 0 Å². The molecular weight excluding hydrogens is 333 g/mol. The maximum absolute atomic E-state index is 8.80. The van der Waals surface area contributed by atoms with Gasteiger partial charge in [-0.15, -0.1) is 0 Å². The molecule has 0 aliphatic heterocycles. The van der Waals surface area contributed by atoms with Crippen molar-refractivity contribution in [3.05, 3.63) is 57.0 Å². The highest BCUT2D eigenvalue weighted by molar-refractivity contribution is 6.40. The zero-order chi connectivity index (χ0) is 15.2. The number of rotatable bonds is 5. The molecule has 6 heteroatoms. The van der Waals surface area contributed by atoms with Crippen molar-refractivity contribution in [2.75, 3.05) is 13.2 Å². The highest BCUT2D eigenvalue weighted by atomic mass is 35.5. The molecule has 0 saturated heterocycles. The quantitative estimate of drug-likeness (QED) is 0.720. The zero-order valence-corrected chi connectivity index (χ0v) is 13.0. The molecule has 0 bridgehead atoms. The summed E-state index contributed by atoms with van der Waals surface area (Å²) in [4.78, 5) is 0. The fraction of sp³-hybridized carbons (Fsp3) is 0.133. The average molecular weight is 343 g/mol. The van der Waals surface area contributed by atoms with E-state index in [0.717, 1.165) is 0 Å². The Morgan fingerprint density at radius 3 is 2.29 bits per heavy atom. The molecule has 0 aromatic heterocycles. The number of halogens is 3. The summed E-state index contributed by atoms with van der Waals surface area (Å²) in [6.45, 7) is 0.558. The molecular formula is C15H10Cl3NO2. The summed E-state index contributed by atoms with van der Waals surface area (Å²) in [7, 11) is 0. The molecule has 0 amide bonds. The minimum atomic E-state index is 0.262. The van der Waals surface area contributed by atoms with E-state index in [1.54, 1.807) is 36.4 Å². The molecule has 0 atom stereocenters. The molecule has 0 unspecified atom stereocenters. The predicted molar refractivity (Wildman–Crippen MR) is 83.6 cm³/mol. The molecule has 21 heavy (non-hydrogen) atoms. The minimum Gasteiger partial charge on any atom is -0.490 e. The number of hydrogen-bond acceptors (Lipinski definition) is 3. The van der Waals surface area contributed by atoms with Crippen LogP contribution >= 0.6 is 34.8 Å². The van der Waals surface area contributed by atoms with Crippen LogP contribution in [0.15, 0.2) is 36.4 Å². The molecule has 2 rings (SSSR count). The fourth-order valence-corrected chi connectivity index (χ4v) is 2.55. The maximum atomic E-state index is 8.80. The van der Waals surface area contributed by atoms with Crippen LogP contribution in [0.5, 0.6) is 11.5 Å². The smallest absolute Gasteiger partial charge is 0.156 e. The zero-order valence-electron chi connectivity index (χ0n) is 10.8. The second-order valence-electron chi connectivity index (χ2n) is 4.04. The Balaban J connectivity index is 1.89. The molecule has 0 spiro atoms. The van der Waals surface area contributed by atoms with Crippen LogP contribution in [-0.2, 0) is 0 Å². The summed E-state index contributed by atoms with van der Waals surface area (Å²) in [5, 5.41) is 9.93. The number of hydrogen-bond donors (Lipinski definition) is 0. The molecule has 108 valence electrons. The number of nitriles is 1. The first-order valence-electron chi connectivity index (χ1n) is 6.00. The summed E-state index contributed by atoms with van der Waals surface area (Å²) in [5.41, 5.74) is 0.539. The largest absolute Gasteiger partial charge is 0.490 e. The number of ether oxygens (including phenoxy) is 2. The van der Waals surface area contributed by atoms with Gasteiger partial charge in [-0.2, -0.15) is 5.26 Å². The van der Waals surface area contributed by atoms with E-state index in [1.807, 2.05) is 6.07 Å². The molecule has 0 aliphatic carbocycles. The van der Waals surface area contributed by atoms with Gasteiger partial charge in [0, 0.05) is 5.02 Å². The molecule has 2 aromatic carbocycles. The Kier molecular flexibility index (Phi) is 5.58. The minimum absolute atomic E-state index is 0.262. The van der Waals surface area contributed by atoms with Crippen molar-refractivity contribution in [1.82, 2.24) is 0 Å². The van der Waals surface area contributed by atoms with Gasteiger partial charge in [0.15, 0.2) is 5.75 Å². The van der Waals surface area contributed by atoms with Crippen molar-refractivity contribution in [2.24, 2.45) is 0 Å². The first-order valence-corrected chi connectivity index (χ1v) is 7.14. The Morgan fingerprint density at radius 2 is 1.62 bits per heavy atom. The molecule has 0 saturated carbocycles. The average Bonchev–Trinajstić information content (AvgIpc) is 2.45. The molecule has 0 aliphatic rings. The van der Waals surface area contributed by atoms with Crippen LogP contribution < -0.4 is 9.47 Å². The highest BCUT2D eigenvalue weighted by Gasteiger charge is 2.09. The van der Waals surface area contributed by atoms with Gasteiger partial charge in [0.25, 0.3) is 0 Å². The van der Waals surface area contributed by atoms with Crippen molar-refractivity contribution in [3.63, 3.8) is 0 Å². The van der Waals surface area contributed by atoms with E-state index in [2.05, 4.69) is 0 Å². The van der Waals surface area contributed by atoms with Crippen molar-refractivity contribution < 1.29 is 9.47 Å². The third kappa shape index (κ3) is 4.44. The Labute approximate surface area is 137 Å². The first-order chi connectivity index (χ1) is 10.1. The van der Waals surface area contributed by atoms with E-state index < -0.39 is 0 Å². The van der Waals surface area contributed by atoms with E-state index in [4.69, 9.17) is 49.5 Å². The van der Waals surface area contributed by atoms with Crippen molar-refractivity contribution in [1.29, 1.82) is 5.26 Å². The third-order valence-electron chi connectivity index (χ3n) is 2.52. The fourth-order valence-electron chi connectivity index (χ4n) is 1.63. The van der Waals surface area contributed by atoms with Crippen LogP contribution in [0.4, 0.5) is 0 Å². The van der Waals surface area contributed by atoms with Gasteiger partial charge in [0.05, 0.1) is 21.7 Å². The predicted octanol–water partition coefficient (Wildman–Crippen LogP) is 4.98. The number of nitrogens with zero attached hydrogens (tertiary/aromatic N) is 1. The molecule has 0 heterocycles. The van der Waals surface area contributed by atoms with Crippen LogP contribution in [0.3, 0.4) is 0 Å². The summed E-state index contributed by atoms with van der Waals surface area (Å²) in [5.74, 6) is 0.975. The van der Waals surface area contributed by atoms with Crippen molar-refractivity contribution >= 4 is 34.8 Å². The lowest BCUT2D eigenvalue weighted by atomic mass is 10.2. The van der Waals surface area contributed by atoms with Gasteiger partial charge in [-0.05, 0) is 30.3 Å². The van der Waals surface area contributed by atoms with E-state index >= 15 is 0 Å². The molecule has 2 aromatic rings. The summed E-state index contributed by atoms with van der Waals surface area (Å²) in [6, 6.07) is 12.0. The Hall–Kier alpha value is -1.60. The lowest BCUT2D eigenvalue weighted by Gasteiger charge is -2.11. The third-order valence-corrected chi connectivity index (χ3v) is 3.30. The molecule has 3 nitrogen and oxygen atoms in total. The van der Waals surface area contributed by atoms with Crippen LogP contribution in [0.25, 0.3) is 0 Å². The normalized spacial score (nSPS) is 10.0. The lowest BCUT2D eigenvalue weighted by molar-refractivity contribution is 0.217. The van der Waals surface area contributed by atoms with Crippen LogP contribution in [-0.4, -0.2) is 13.2 Å². The van der Waals surface area contributed by atoms with E-state index in [1.165, 1.54) is 0 Å². The van der Waals surface area contributed by atoms with Crippen LogP contribution in [0, 0.1) is 11.3 Å². The lowest BCUT2D eigenvalue weighted by Crippen LogP contribution is -2.09. The van der Waals surface area contributed by atoms with Gasteiger partial charge >= 0.3 is 0 Å². The molecule has 0 radical (unpaired) electrons. The topological polar surface area (TPSA) is 42.2 Å². The molecule has 0 N–H and O–H groups in total. The van der Waals surface area contributed by atoms with Gasteiger partial charge in [0.2, 0.25) is 0 Å². The second kappa shape index (κ2) is 7.42. The summed E-state index contributed by atoms with van der Waals surface area (Å²) < 4.78 is 11.0. The van der Waals surface area contributed by atoms with Crippen molar-refractivity contribution in [2.45, 2.75) is 0 Å². The van der Waals surface area contributed by atoms with E-state index in [0.29, 0.717) is 38.7 Å². The van der Waals surface area contributed by atoms with E-state index in [-0.39, 0.29) is 6.61 Å². The van der Waals surface area contributed by atoms with Gasteiger partial charge < -0.3 is 9.47 Å². The van der Waals surface area contributed by atoms with Gasteiger partial charge in [-0.25, -0.2) is 0 Å². The highest BCUT2D eigenvalue weighted by Crippen LogP contribution is 2.35. The van der Waals surface area contributed by atoms with E-state index in [9.17, 15) is 0 Å².